The molecule has 21 heavy (non-hydrogen) atoms. The summed E-state index contributed by atoms with van der Waals surface area (Å²) >= 11 is 0. The molecular formula is C15H15F3N2O. The van der Waals surface area contributed by atoms with Gasteiger partial charge in [0.2, 0.25) is 0 Å². The number of benzene rings is 1. The highest BCUT2D eigenvalue weighted by Crippen LogP contribution is 2.18. The Morgan fingerprint density at radius 3 is 2.29 bits per heavy atom. The predicted octanol–water partition coefficient (Wildman–Crippen LogP) is 3.31. The summed E-state index contributed by atoms with van der Waals surface area (Å²) < 4.78 is 41.7. The Labute approximate surface area is 120 Å². The third-order valence-electron chi connectivity index (χ3n) is 3.20. The summed E-state index contributed by atoms with van der Waals surface area (Å²) in [5.41, 5.74) is 0.681. The van der Waals surface area contributed by atoms with Crippen molar-refractivity contribution in [2.45, 2.75) is 33.2 Å². The fourth-order valence-electron chi connectivity index (χ4n) is 2.17. The molecule has 6 heteroatoms. The molecule has 0 saturated carbocycles. The van der Waals surface area contributed by atoms with Gasteiger partial charge >= 0.3 is 0 Å². The smallest absolute Gasteiger partial charge is 0.174 e. The van der Waals surface area contributed by atoms with Crippen LogP contribution in [0.5, 0.6) is 0 Å². The zero-order chi connectivity index (χ0) is 15.6. The number of rotatable bonds is 5. The van der Waals surface area contributed by atoms with Crippen LogP contribution in [0.15, 0.2) is 18.2 Å². The van der Waals surface area contributed by atoms with Gasteiger partial charge in [-0.2, -0.15) is 5.10 Å². The number of hydrogen-bond donors (Lipinski definition) is 0. The molecule has 0 aliphatic heterocycles. The summed E-state index contributed by atoms with van der Waals surface area (Å²) in [7, 11) is 0. The molecule has 0 amide bonds. The minimum Gasteiger partial charge on any atom is -0.294 e. The van der Waals surface area contributed by atoms with Crippen LogP contribution in [0.25, 0.3) is 0 Å². The molecule has 0 unspecified atom stereocenters. The quantitative estimate of drug-likeness (QED) is 0.793. The molecule has 0 fully saturated rings. The van der Waals surface area contributed by atoms with Gasteiger partial charge in [-0.15, -0.1) is 0 Å². The van der Waals surface area contributed by atoms with E-state index < -0.39 is 28.8 Å². The number of ketones is 1. The molecule has 0 spiro atoms. The Morgan fingerprint density at radius 2 is 1.76 bits per heavy atom. The Balaban J connectivity index is 2.32. The minimum atomic E-state index is -1.18. The number of hydrogen-bond acceptors (Lipinski definition) is 2. The largest absolute Gasteiger partial charge is 0.294 e. The van der Waals surface area contributed by atoms with E-state index in [1.54, 1.807) is 10.7 Å². The van der Waals surface area contributed by atoms with E-state index >= 15 is 0 Å². The van der Waals surface area contributed by atoms with Crippen LogP contribution < -0.4 is 0 Å². The van der Waals surface area contributed by atoms with E-state index in [0.717, 1.165) is 5.69 Å². The van der Waals surface area contributed by atoms with Crippen molar-refractivity contribution >= 4 is 5.78 Å². The fourth-order valence-corrected chi connectivity index (χ4v) is 2.17. The lowest BCUT2D eigenvalue weighted by Crippen LogP contribution is -2.13. The standard InChI is InChI=1S/C15H15F3N2O/c1-3-10-7-11(20(4-2)19-10)8-14(21)15-12(17)5-9(16)6-13(15)18/h5-7H,3-4,8H2,1-2H3. The minimum absolute atomic E-state index is 0.180. The van der Waals surface area contributed by atoms with Crippen molar-refractivity contribution in [3.8, 4) is 0 Å². The van der Waals surface area contributed by atoms with Crippen LogP contribution in [0.1, 0.15) is 35.6 Å². The number of aromatic nitrogens is 2. The van der Waals surface area contributed by atoms with Gasteiger partial charge in [0.15, 0.2) is 5.78 Å². The monoisotopic (exact) mass is 296 g/mol. The van der Waals surface area contributed by atoms with Crippen molar-refractivity contribution < 1.29 is 18.0 Å². The maximum Gasteiger partial charge on any atom is 0.174 e. The van der Waals surface area contributed by atoms with Crippen molar-refractivity contribution in [3.63, 3.8) is 0 Å². The predicted molar refractivity (Wildman–Crippen MR) is 71.6 cm³/mol. The first-order valence-electron chi connectivity index (χ1n) is 6.69. The molecule has 112 valence electrons. The van der Waals surface area contributed by atoms with Gasteiger partial charge in [-0.1, -0.05) is 6.92 Å². The molecule has 1 aromatic heterocycles. The van der Waals surface area contributed by atoms with Crippen LogP contribution in [0.4, 0.5) is 13.2 Å². The number of carbonyl (C=O) groups excluding carboxylic acids is 1. The third kappa shape index (κ3) is 3.15. The fraction of sp³-hybridized carbons (Fsp3) is 0.333. The molecule has 0 aliphatic carbocycles. The normalized spacial score (nSPS) is 10.9. The van der Waals surface area contributed by atoms with E-state index in [9.17, 15) is 18.0 Å². The van der Waals surface area contributed by atoms with E-state index in [2.05, 4.69) is 5.10 Å². The van der Waals surface area contributed by atoms with Crippen LogP contribution in [-0.2, 0) is 19.4 Å². The van der Waals surface area contributed by atoms with E-state index in [4.69, 9.17) is 0 Å². The first kappa shape index (κ1) is 15.3. The third-order valence-corrected chi connectivity index (χ3v) is 3.20. The number of halogens is 3. The van der Waals surface area contributed by atoms with Crippen molar-refractivity contribution in [2.75, 3.05) is 0 Å². The zero-order valence-corrected chi connectivity index (χ0v) is 11.8. The summed E-state index contributed by atoms with van der Waals surface area (Å²) in [5, 5.41) is 4.27. The van der Waals surface area contributed by atoms with Crippen molar-refractivity contribution in [3.05, 3.63) is 52.6 Å². The Morgan fingerprint density at radius 1 is 1.14 bits per heavy atom. The molecule has 1 aromatic carbocycles. The van der Waals surface area contributed by atoms with Crippen LogP contribution in [-0.4, -0.2) is 15.6 Å². The number of carbonyl (C=O) groups is 1. The highest BCUT2D eigenvalue weighted by atomic mass is 19.1. The van der Waals surface area contributed by atoms with Crippen LogP contribution in [0.3, 0.4) is 0 Å². The van der Waals surface area contributed by atoms with E-state index in [0.29, 0.717) is 30.8 Å². The van der Waals surface area contributed by atoms with E-state index in [-0.39, 0.29) is 6.42 Å². The molecule has 0 aliphatic rings. The molecule has 1 heterocycles. The zero-order valence-electron chi connectivity index (χ0n) is 11.8. The van der Waals surface area contributed by atoms with E-state index in [1.807, 2.05) is 13.8 Å². The van der Waals surface area contributed by atoms with Gasteiger partial charge in [0.25, 0.3) is 0 Å². The summed E-state index contributed by atoms with van der Waals surface area (Å²) in [6.45, 7) is 4.34. The molecule has 0 atom stereocenters. The van der Waals surface area contributed by atoms with Gasteiger partial charge < -0.3 is 0 Å². The van der Waals surface area contributed by atoms with Crippen molar-refractivity contribution in [1.82, 2.24) is 9.78 Å². The van der Waals surface area contributed by atoms with E-state index in [1.165, 1.54) is 0 Å². The molecule has 0 saturated heterocycles. The van der Waals surface area contributed by atoms with Gasteiger partial charge in [0.1, 0.15) is 17.5 Å². The SMILES string of the molecule is CCc1cc(CC(=O)c2c(F)cc(F)cc2F)n(CC)n1. The number of aryl methyl sites for hydroxylation is 2. The topological polar surface area (TPSA) is 34.9 Å². The van der Waals surface area contributed by atoms with Crippen LogP contribution >= 0.6 is 0 Å². The maximum absolute atomic E-state index is 13.6. The average molecular weight is 296 g/mol. The summed E-state index contributed by atoms with van der Waals surface area (Å²) in [6, 6.07) is 2.75. The Bertz CT molecular complexity index is 657. The maximum atomic E-state index is 13.6. The highest BCUT2D eigenvalue weighted by molar-refractivity contribution is 5.97. The Kier molecular flexibility index (Phi) is 4.45. The van der Waals surface area contributed by atoms with Gasteiger partial charge in [-0.3, -0.25) is 9.48 Å². The second kappa shape index (κ2) is 6.11. The van der Waals surface area contributed by atoms with Gasteiger partial charge in [0, 0.05) is 24.4 Å². The molecule has 3 nitrogen and oxygen atoms in total. The second-order valence-corrected chi connectivity index (χ2v) is 4.64. The van der Waals surface area contributed by atoms with Crippen LogP contribution in [0, 0.1) is 17.5 Å². The number of Topliss-reactive ketones (excluding diaryl/α,β-unsaturated/α-hetero) is 1. The lowest BCUT2D eigenvalue weighted by Gasteiger charge is -2.06. The average Bonchev–Trinajstić information content (AvgIpc) is 2.79. The second-order valence-electron chi connectivity index (χ2n) is 4.64. The van der Waals surface area contributed by atoms with Gasteiger partial charge in [-0.05, 0) is 19.4 Å². The van der Waals surface area contributed by atoms with Crippen molar-refractivity contribution in [2.24, 2.45) is 0 Å². The van der Waals surface area contributed by atoms with Gasteiger partial charge in [0.05, 0.1) is 17.7 Å². The first-order chi connectivity index (χ1) is 9.96. The Hall–Kier alpha value is -2.11. The first-order valence-corrected chi connectivity index (χ1v) is 6.69. The molecule has 2 rings (SSSR count). The van der Waals surface area contributed by atoms with Crippen molar-refractivity contribution in [1.29, 1.82) is 0 Å². The summed E-state index contributed by atoms with van der Waals surface area (Å²) in [5.74, 6) is -4.15. The van der Waals surface area contributed by atoms with Crippen LogP contribution in [0.2, 0.25) is 0 Å². The van der Waals surface area contributed by atoms with Gasteiger partial charge in [-0.25, -0.2) is 13.2 Å². The molecule has 0 radical (unpaired) electrons. The highest BCUT2D eigenvalue weighted by Gasteiger charge is 2.20. The lowest BCUT2D eigenvalue weighted by atomic mass is 10.0. The summed E-state index contributed by atoms with van der Waals surface area (Å²) in [4.78, 5) is 12.1. The lowest BCUT2D eigenvalue weighted by molar-refractivity contribution is 0.0982. The molecular weight excluding hydrogens is 281 g/mol. The molecule has 0 bridgehead atoms. The summed E-state index contributed by atoms with van der Waals surface area (Å²) in [6.07, 6.45) is 0.522. The number of nitrogens with zero attached hydrogens (tertiary/aromatic N) is 2. The molecule has 0 N–H and O–H groups in total. The molecule has 2 aromatic rings.